The van der Waals surface area contributed by atoms with E-state index in [9.17, 15) is 13.6 Å². The molecule has 2 aromatic heterocycles. The van der Waals surface area contributed by atoms with Crippen LogP contribution in [0.4, 0.5) is 19.5 Å². The lowest BCUT2D eigenvalue weighted by molar-refractivity contribution is 0.102. The number of halogens is 2. The molecular weight excluding hydrogens is 408 g/mol. The van der Waals surface area contributed by atoms with Crippen LogP contribution >= 0.6 is 22.9 Å². The number of anilines is 2. The van der Waals surface area contributed by atoms with Crippen LogP contribution in [0.25, 0.3) is 5.57 Å². The number of nitrogens with one attached hydrogen (secondary N) is 1. The third-order valence-electron chi connectivity index (χ3n) is 3.30. The lowest BCUT2D eigenvalue weighted by Crippen LogP contribution is -2.14. The number of allylic oxidation sites excluding steroid dienone is 5. The van der Waals surface area contributed by atoms with E-state index in [1.165, 1.54) is 12.3 Å². The normalized spacial score (nSPS) is 12.5. The quantitative estimate of drug-likeness (QED) is 0.413. The van der Waals surface area contributed by atoms with Crippen molar-refractivity contribution in [3.8, 4) is 5.06 Å². The molecule has 28 heavy (non-hydrogen) atoms. The Bertz CT molecular complexity index is 917. The number of carbonyl (C=O) groups is 1. The SMILES string of the molecule is C=C/C=C(F)\C(=C(/C)F)c1nc(C(=O)Nc2cnsc2OCCCN)c(N)s1. The highest BCUT2D eigenvalue weighted by Gasteiger charge is 2.23. The molecule has 2 rings (SSSR count). The first kappa shape index (κ1) is 21.7. The van der Waals surface area contributed by atoms with E-state index < -0.39 is 17.6 Å². The number of thiazole rings is 1. The van der Waals surface area contributed by atoms with E-state index in [1.807, 2.05) is 0 Å². The summed E-state index contributed by atoms with van der Waals surface area (Å²) in [6.45, 7) is 5.31. The number of hydrogen-bond acceptors (Lipinski definition) is 8. The number of nitrogens with two attached hydrogens (primary N) is 2. The number of hydrogen-bond donors (Lipinski definition) is 3. The smallest absolute Gasteiger partial charge is 0.277 e. The zero-order valence-corrected chi connectivity index (χ0v) is 16.6. The molecule has 0 unspecified atom stereocenters. The molecule has 2 aromatic rings. The van der Waals surface area contributed by atoms with Gasteiger partial charge < -0.3 is 21.5 Å². The number of ether oxygens (including phenoxy) is 1. The maximum atomic E-state index is 14.1. The first-order valence-corrected chi connectivity index (χ1v) is 9.68. The summed E-state index contributed by atoms with van der Waals surface area (Å²) in [6, 6.07) is 0. The van der Waals surface area contributed by atoms with Gasteiger partial charge in [-0.15, -0.1) is 0 Å². The molecule has 0 aliphatic rings. The lowest BCUT2D eigenvalue weighted by Gasteiger charge is -2.06. The van der Waals surface area contributed by atoms with E-state index in [1.54, 1.807) is 0 Å². The van der Waals surface area contributed by atoms with Gasteiger partial charge in [-0.25, -0.2) is 13.8 Å². The van der Waals surface area contributed by atoms with Crippen LogP contribution in [0.2, 0.25) is 0 Å². The molecule has 0 bridgehead atoms. The van der Waals surface area contributed by atoms with Crippen molar-refractivity contribution in [2.75, 3.05) is 24.2 Å². The molecule has 1 amide bonds. The molecule has 7 nitrogen and oxygen atoms in total. The Morgan fingerprint density at radius 2 is 2.21 bits per heavy atom. The van der Waals surface area contributed by atoms with Gasteiger partial charge in [0.15, 0.2) is 5.69 Å². The fraction of sp³-hybridized carbons (Fsp3) is 0.235. The summed E-state index contributed by atoms with van der Waals surface area (Å²) >= 11 is 1.87. The molecule has 2 heterocycles. The van der Waals surface area contributed by atoms with Gasteiger partial charge in [0.1, 0.15) is 27.3 Å². The second-order valence-electron chi connectivity index (χ2n) is 5.36. The maximum Gasteiger partial charge on any atom is 0.277 e. The monoisotopic (exact) mass is 427 g/mol. The molecule has 0 atom stereocenters. The highest BCUT2D eigenvalue weighted by molar-refractivity contribution is 7.17. The van der Waals surface area contributed by atoms with Crippen molar-refractivity contribution >= 4 is 45.0 Å². The van der Waals surface area contributed by atoms with Crippen LogP contribution in [0, 0.1) is 0 Å². The van der Waals surface area contributed by atoms with Crippen molar-refractivity contribution in [3.63, 3.8) is 0 Å². The largest absolute Gasteiger partial charge is 0.481 e. The third-order valence-corrected chi connectivity index (χ3v) is 4.91. The summed E-state index contributed by atoms with van der Waals surface area (Å²) in [4.78, 5) is 16.6. The fourth-order valence-electron chi connectivity index (χ4n) is 2.05. The van der Waals surface area contributed by atoms with Crippen LogP contribution < -0.4 is 21.5 Å². The Balaban J connectivity index is 2.25. The van der Waals surface area contributed by atoms with Crippen molar-refractivity contribution in [3.05, 3.63) is 47.3 Å². The van der Waals surface area contributed by atoms with Crippen LogP contribution in [-0.4, -0.2) is 28.4 Å². The first-order valence-electron chi connectivity index (χ1n) is 8.09. The first-order chi connectivity index (χ1) is 13.4. The molecule has 0 aromatic carbocycles. The summed E-state index contributed by atoms with van der Waals surface area (Å²) < 4.78 is 37.4. The van der Waals surface area contributed by atoms with Gasteiger partial charge in [0.2, 0.25) is 5.06 Å². The molecule has 0 fully saturated rings. The minimum absolute atomic E-state index is 0.0199. The molecule has 0 aliphatic carbocycles. The van der Waals surface area contributed by atoms with E-state index in [0.717, 1.165) is 35.9 Å². The molecule has 5 N–H and O–H groups in total. The Morgan fingerprint density at radius 1 is 1.46 bits per heavy atom. The molecule has 0 saturated heterocycles. The third kappa shape index (κ3) is 5.21. The minimum Gasteiger partial charge on any atom is -0.481 e. The van der Waals surface area contributed by atoms with E-state index in [0.29, 0.717) is 30.3 Å². The molecule has 0 spiro atoms. The number of carbonyl (C=O) groups excluding carboxylic acids is 1. The number of nitrogen functional groups attached to an aromatic ring is 1. The highest BCUT2D eigenvalue weighted by atomic mass is 32.1. The topological polar surface area (TPSA) is 116 Å². The van der Waals surface area contributed by atoms with Crippen molar-refractivity contribution in [2.24, 2.45) is 5.73 Å². The van der Waals surface area contributed by atoms with Crippen LogP contribution in [-0.2, 0) is 0 Å². The lowest BCUT2D eigenvalue weighted by atomic mass is 10.2. The minimum atomic E-state index is -0.867. The van der Waals surface area contributed by atoms with Crippen LogP contribution in [0.3, 0.4) is 0 Å². The zero-order chi connectivity index (χ0) is 20.7. The van der Waals surface area contributed by atoms with Crippen molar-refractivity contribution in [2.45, 2.75) is 13.3 Å². The van der Waals surface area contributed by atoms with E-state index in [4.69, 9.17) is 16.2 Å². The molecular formula is C17H19F2N5O2S2. The van der Waals surface area contributed by atoms with Crippen molar-refractivity contribution < 1.29 is 18.3 Å². The van der Waals surface area contributed by atoms with Crippen LogP contribution in [0.15, 0.2) is 36.6 Å². The molecule has 0 aliphatic heterocycles. The van der Waals surface area contributed by atoms with Crippen LogP contribution in [0.1, 0.15) is 28.8 Å². The highest BCUT2D eigenvalue weighted by Crippen LogP contribution is 2.35. The molecule has 0 radical (unpaired) electrons. The van der Waals surface area contributed by atoms with Crippen molar-refractivity contribution in [1.29, 1.82) is 0 Å². The van der Waals surface area contributed by atoms with Crippen LogP contribution in [0.5, 0.6) is 5.06 Å². The Labute approximate surface area is 168 Å². The van der Waals surface area contributed by atoms with Gasteiger partial charge in [-0.2, -0.15) is 4.37 Å². The maximum absolute atomic E-state index is 14.1. The summed E-state index contributed by atoms with van der Waals surface area (Å²) in [5.74, 6) is -2.31. The summed E-state index contributed by atoms with van der Waals surface area (Å²) in [6.07, 6.45) is 4.25. The molecule has 150 valence electrons. The van der Waals surface area contributed by atoms with Gasteiger partial charge in [0.05, 0.1) is 18.4 Å². The van der Waals surface area contributed by atoms with E-state index in [-0.39, 0.29) is 21.3 Å². The van der Waals surface area contributed by atoms with Gasteiger partial charge in [0.25, 0.3) is 5.91 Å². The average molecular weight is 428 g/mol. The second-order valence-corrected chi connectivity index (χ2v) is 7.16. The number of nitrogens with zero attached hydrogens (tertiary/aromatic N) is 2. The Morgan fingerprint density at radius 3 is 2.86 bits per heavy atom. The van der Waals surface area contributed by atoms with Gasteiger partial charge in [-0.05, 0) is 26.0 Å². The zero-order valence-electron chi connectivity index (χ0n) is 15.0. The second kappa shape index (κ2) is 10.1. The van der Waals surface area contributed by atoms with Gasteiger partial charge in [0, 0.05) is 11.5 Å². The summed E-state index contributed by atoms with van der Waals surface area (Å²) in [5.41, 5.74) is 11.1. The summed E-state index contributed by atoms with van der Waals surface area (Å²) in [5, 5.41) is 2.97. The summed E-state index contributed by atoms with van der Waals surface area (Å²) in [7, 11) is 0. The predicted molar refractivity (Wildman–Crippen MR) is 109 cm³/mol. The van der Waals surface area contributed by atoms with Crippen molar-refractivity contribution in [1.82, 2.24) is 9.36 Å². The Hall–Kier alpha value is -2.63. The number of amides is 1. The molecule has 0 saturated carbocycles. The van der Waals surface area contributed by atoms with Gasteiger partial charge in [-0.3, -0.25) is 4.79 Å². The van der Waals surface area contributed by atoms with Gasteiger partial charge >= 0.3 is 0 Å². The molecule has 11 heteroatoms. The van der Waals surface area contributed by atoms with Gasteiger partial charge in [-0.1, -0.05) is 24.0 Å². The predicted octanol–water partition coefficient (Wildman–Crippen LogP) is 3.90. The fourth-order valence-corrected chi connectivity index (χ4v) is 3.56. The number of rotatable bonds is 9. The average Bonchev–Trinajstić information content (AvgIpc) is 3.22. The number of aromatic nitrogens is 2. The standard InChI is InChI=1S/C17H19F2N5O2S2/c1-3-5-10(19)12(9(2)18)16-24-13(14(21)27-16)15(25)23-11-8-22-28-17(11)26-7-4-6-20/h3,5,8H,1,4,6-7,20-21H2,2H3,(H,23,25)/b10-5+,12-9-. The van der Waals surface area contributed by atoms with E-state index in [2.05, 4.69) is 21.3 Å². The van der Waals surface area contributed by atoms with E-state index >= 15 is 0 Å². The Kier molecular flexibility index (Phi) is 7.79.